The molecule has 0 spiro atoms. The van der Waals surface area contributed by atoms with Crippen LogP contribution in [0, 0.1) is 5.92 Å². The molecule has 1 aromatic carbocycles. The third kappa shape index (κ3) is 2.32. The Morgan fingerprint density at radius 1 is 1.23 bits per heavy atom. The summed E-state index contributed by atoms with van der Waals surface area (Å²) in [5.74, 6) is 0.830. The van der Waals surface area contributed by atoms with Gasteiger partial charge in [0, 0.05) is 10.5 Å². The summed E-state index contributed by atoms with van der Waals surface area (Å²) in [5, 5.41) is 0. The number of halogens is 1. The summed E-state index contributed by atoms with van der Waals surface area (Å²) in [6, 6.07) is 9.06. The first kappa shape index (κ1) is 9.22. The molecule has 0 aromatic heterocycles. The number of hydrogen-bond acceptors (Lipinski definition) is 1. The maximum Gasteiger partial charge on any atom is 0.0175 e. The summed E-state index contributed by atoms with van der Waals surface area (Å²) in [6.07, 6.45) is 3.60. The molecule has 2 rings (SSSR count). The molecule has 70 valence electrons. The molecule has 0 heterocycles. The Morgan fingerprint density at radius 2 is 1.85 bits per heavy atom. The maximum atomic E-state index is 5.74. The summed E-state index contributed by atoms with van der Waals surface area (Å²) >= 11 is 3.43. The van der Waals surface area contributed by atoms with Gasteiger partial charge in [-0.15, -0.1) is 0 Å². The van der Waals surface area contributed by atoms with E-state index in [0.29, 0.717) is 6.04 Å². The van der Waals surface area contributed by atoms with Crippen LogP contribution in [-0.2, 0) is 6.42 Å². The molecule has 1 saturated carbocycles. The van der Waals surface area contributed by atoms with Crippen LogP contribution in [0.15, 0.2) is 28.7 Å². The monoisotopic (exact) mass is 239 g/mol. The van der Waals surface area contributed by atoms with Crippen LogP contribution in [-0.4, -0.2) is 6.04 Å². The van der Waals surface area contributed by atoms with E-state index in [0.717, 1.165) is 10.4 Å². The highest BCUT2D eigenvalue weighted by Gasteiger charge is 2.25. The summed E-state index contributed by atoms with van der Waals surface area (Å²) in [4.78, 5) is 0. The average Bonchev–Trinajstić information content (AvgIpc) is 2.06. The summed E-state index contributed by atoms with van der Waals surface area (Å²) in [5.41, 5.74) is 7.17. The van der Waals surface area contributed by atoms with Crippen LogP contribution in [0.5, 0.6) is 0 Å². The molecule has 2 N–H and O–H groups in total. The molecule has 0 saturated heterocycles. The molecule has 0 radical (unpaired) electrons. The molecule has 2 heteroatoms. The first-order valence-corrected chi connectivity index (χ1v) is 5.53. The molecule has 0 unspecified atom stereocenters. The molecular weight excluding hydrogens is 226 g/mol. The lowest BCUT2D eigenvalue weighted by Crippen LogP contribution is -2.37. The third-order valence-corrected chi connectivity index (χ3v) is 3.24. The zero-order valence-corrected chi connectivity index (χ0v) is 9.13. The van der Waals surface area contributed by atoms with E-state index in [-0.39, 0.29) is 0 Å². The predicted octanol–water partition coefficient (Wildman–Crippen LogP) is 2.73. The van der Waals surface area contributed by atoms with Gasteiger partial charge >= 0.3 is 0 Å². The Bertz CT molecular complexity index is 275. The number of nitrogens with two attached hydrogens (primary N) is 1. The van der Waals surface area contributed by atoms with Gasteiger partial charge in [0.15, 0.2) is 0 Å². The zero-order chi connectivity index (χ0) is 9.26. The molecule has 0 aliphatic heterocycles. The van der Waals surface area contributed by atoms with E-state index in [4.69, 9.17) is 5.73 Å². The maximum absolute atomic E-state index is 5.74. The molecule has 0 atom stereocenters. The van der Waals surface area contributed by atoms with Crippen molar-refractivity contribution >= 4 is 15.9 Å². The highest BCUT2D eigenvalue weighted by Crippen LogP contribution is 2.29. The van der Waals surface area contributed by atoms with Crippen LogP contribution < -0.4 is 5.73 Å². The molecule has 1 nitrogen and oxygen atoms in total. The third-order valence-electron chi connectivity index (χ3n) is 2.71. The lowest BCUT2D eigenvalue weighted by atomic mass is 9.77. The standard InChI is InChI=1S/C11H14BrN/c12-10-3-1-8(2-4-10)5-9-6-11(13)7-9/h1-4,9,11H,5-7,13H2. The van der Waals surface area contributed by atoms with E-state index in [9.17, 15) is 0 Å². The van der Waals surface area contributed by atoms with Gasteiger partial charge < -0.3 is 5.73 Å². The van der Waals surface area contributed by atoms with E-state index in [1.165, 1.54) is 24.8 Å². The second-order valence-corrected chi connectivity index (χ2v) is 4.84. The van der Waals surface area contributed by atoms with E-state index in [1.807, 2.05) is 0 Å². The minimum absolute atomic E-state index is 0.473. The van der Waals surface area contributed by atoms with Crippen LogP contribution in [0.25, 0.3) is 0 Å². The van der Waals surface area contributed by atoms with Crippen molar-refractivity contribution < 1.29 is 0 Å². The van der Waals surface area contributed by atoms with Crippen molar-refractivity contribution in [3.8, 4) is 0 Å². The molecular formula is C11H14BrN. The van der Waals surface area contributed by atoms with Gasteiger partial charge in [-0.2, -0.15) is 0 Å². The highest BCUT2D eigenvalue weighted by molar-refractivity contribution is 9.10. The fourth-order valence-electron chi connectivity index (χ4n) is 1.91. The van der Waals surface area contributed by atoms with Gasteiger partial charge in [-0.05, 0) is 42.9 Å². The average molecular weight is 240 g/mol. The SMILES string of the molecule is NC1CC(Cc2ccc(Br)cc2)C1. The smallest absolute Gasteiger partial charge is 0.0175 e. The lowest BCUT2D eigenvalue weighted by Gasteiger charge is -2.32. The molecule has 0 bridgehead atoms. The van der Waals surface area contributed by atoms with Crippen LogP contribution in [0.2, 0.25) is 0 Å². The van der Waals surface area contributed by atoms with Crippen molar-refractivity contribution in [1.82, 2.24) is 0 Å². The Morgan fingerprint density at radius 3 is 2.38 bits per heavy atom. The zero-order valence-electron chi connectivity index (χ0n) is 7.54. The predicted molar refractivity (Wildman–Crippen MR) is 58.5 cm³/mol. The quantitative estimate of drug-likeness (QED) is 0.845. The van der Waals surface area contributed by atoms with Gasteiger partial charge in [0.25, 0.3) is 0 Å². The van der Waals surface area contributed by atoms with E-state index >= 15 is 0 Å². The van der Waals surface area contributed by atoms with Gasteiger partial charge in [-0.25, -0.2) is 0 Å². The molecule has 13 heavy (non-hydrogen) atoms. The van der Waals surface area contributed by atoms with Gasteiger partial charge in [-0.1, -0.05) is 28.1 Å². The summed E-state index contributed by atoms with van der Waals surface area (Å²) in [6.45, 7) is 0. The lowest BCUT2D eigenvalue weighted by molar-refractivity contribution is 0.264. The van der Waals surface area contributed by atoms with Crippen molar-refractivity contribution in [2.45, 2.75) is 25.3 Å². The van der Waals surface area contributed by atoms with Gasteiger partial charge in [-0.3, -0.25) is 0 Å². The van der Waals surface area contributed by atoms with Crippen LogP contribution in [0.4, 0.5) is 0 Å². The molecule has 1 aliphatic rings. The fourth-order valence-corrected chi connectivity index (χ4v) is 2.17. The van der Waals surface area contributed by atoms with E-state index in [2.05, 4.69) is 40.2 Å². The van der Waals surface area contributed by atoms with Crippen LogP contribution in [0.3, 0.4) is 0 Å². The molecule has 1 fully saturated rings. The normalized spacial score (nSPS) is 26.9. The van der Waals surface area contributed by atoms with Crippen molar-refractivity contribution in [3.05, 3.63) is 34.3 Å². The van der Waals surface area contributed by atoms with Gasteiger partial charge in [0.1, 0.15) is 0 Å². The minimum Gasteiger partial charge on any atom is -0.328 e. The Kier molecular flexibility index (Phi) is 2.70. The highest BCUT2D eigenvalue weighted by atomic mass is 79.9. The van der Waals surface area contributed by atoms with Crippen molar-refractivity contribution in [2.24, 2.45) is 11.7 Å². The largest absolute Gasteiger partial charge is 0.328 e. The number of benzene rings is 1. The van der Waals surface area contributed by atoms with E-state index in [1.54, 1.807) is 0 Å². The fraction of sp³-hybridized carbons (Fsp3) is 0.455. The Balaban J connectivity index is 1.91. The van der Waals surface area contributed by atoms with Crippen molar-refractivity contribution in [3.63, 3.8) is 0 Å². The van der Waals surface area contributed by atoms with Crippen molar-refractivity contribution in [1.29, 1.82) is 0 Å². The molecule has 0 amide bonds. The summed E-state index contributed by atoms with van der Waals surface area (Å²) < 4.78 is 1.15. The summed E-state index contributed by atoms with van der Waals surface area (Å²) in [7, 11) is 0. The number of hydrogen-bond donors (Lipinski definition) is 1. The van der Waals surface area contributed by atoms with Crippen molar-refractivity contribution in [2.75, 3.05) is 0 Å². The Hall–Kier alpha value is -0.340. The minimum atomic E-state index is 0.473. The van der Waals surface area contributed by atoms with Gasteiger partial charge in [0.2, 0.25) is 0 Å². The first-order valence-electron chi connectivity index (χ1n) is 4.74. The second kappa shape index (κ2) is 3.81. The second-order valence-electron chi connectivity index (χ2n) is 3.93. The van der Waals surface area contributed by atoms with E-state index < -0.39 is 0 Å². The molecule has 1 aromatic rings. The molecule has 1 aliphatic carbocycles. The Labute approximate surface area is 87.5 Å². The van der Waals surface area contributed by atoms with Crippen LogP contribution >= 0.6 is 15.9 Å². The van der Waals surface area contributed by atoms with Gasteiger partial charge in [0.05, 0.1) is 0 Å². The van der Waals surface area contributed by atoms with Crippen LogP contribution in [0.1, 0.15) is 18.4 Å². The topological polar surface area (TPSA) is 26.0 Å². The number of rotatable bonds is 2. The first-order chi connectivity index (χ1) is 6.24.